The van der Waals surface area contributed by atoms with E-state index in [0.29, 0.717) is 5.56 Å². The van der Waals surface area contributed by atoms with Crippen LogP contribution in [0.25, 0.3) is 21.8 Å². The first kappa shape index (κ1) is 15.4. The van der Waals surface area contributed by atoms with Gasteiger partial charge in [-0.3, -0.25) is 9.59 Å². The first-order valence-corrected chi connectivity index (χ1v) is 8.25. The maximum Gasteiger partial charge on any atom is 0.251 e. The van der Waals surface area contributed by atoms with Crippen LogP contribution in [0.3, 0.4) is 0 Å². The molecule has 0 fully saturated rings. The molecule has 4 nitrogen and oxygen atoms in total. The van der Waals surface area contributed by atoms with Crippen molar-refractivity contribution < 1.29 is 4.79 Å². The molecule has 2 aromatic heterocycles. The number of Topliss-reactive ketones (excluding diaryl/α,β-unsaturated/α-hetero) is 1. The number of aromatic nitrogens is 2. The van der Waals surface area contributed by atoms with E-state index in [4.69, 9.17) is 0 Å². The zero-order valence-corrected chi connectivity index (χ0v) is 14.2. The van der Waals surface area contributed by atoms with Gasteiger partial charge in [0.25, 0.3) is 5.56 Å². The summed E-state index contributed by atoms with van der Waals surface area (Å²) >= 11 is 0. The van der Waals surface area contributed by atoms with E-state index in [-0.39, 0.29) is 17.9 Å². The molecular weight excluding hydrogens is 312 g/mol. The lowest BCUT2D eigenvalue weighted by molar-refractivity contribution is 0.0974. The molecule has 2 heterocycles. The smallest absolute Gasteiger partial charge is 0.251 e. The molecule has 0 saturated carbocycles. The van der Waals surface area contributed by atoms with Gasteiger partial charge in [0.05, 0.1) is 12.1 Å². The number of carbonyl (C=O) groups is 1. The molecular formula is C21H18N2O2. The highest BCUT2D eigenvalue weighted by Gasteiger charge is 2.16. The van der Waals surface area contributed by atoms with Crippen molar-refractivity contribution >= 4 is 27.6 Å². The molecule has 4 aromatic rings. The van der Waals surface area contributed by atoms with Crippen LogP contribution in [0.1, 0.15) is 21.5 Å². The van der Waals surface area contributed by atoms with Crippen molar-refractivity contribution in [3.05, 3.63) is 81.8 Å². The van der Waals surface area contributed by atoms with Gasteiger partial charge < -0.3 is 9.55 Å². The van der Waals surface area contributed by atoms with E-state index in [2.05, 4.69) is 4.98 Å². The SMILES string of the molecule is Cc1cc(=O)n(CC(=O)c2c[nH]c3ccccc23)c2c(C)cccc12. The summed E-state index contributed by atoms with van der Waals surface area (Å²) in [7, 11) is 0. The summed E-state index contributed by atoms with van der Waals surface area (Å²) in [6, 6.07) is 15.2. The summed E-state index contributed by atoms with van der Waals surface area (Å²) in [6.45, 7) is 3.92. The van der Waals surface area contributed by atoms with Crippen molar-refractivity contribution in [1.29, 1.82) is 0 Å². The monoisotopic (exact) mass is 330 g/mol. The Morgan fingerprint density at radius 3 is 2.60 bits per heavy atom. The lowest BCUT2D eigenvalue weighted by Crippen LogP contribution is -2.25. The molecule has 0 radical (unpaired) electrons. The average molecular weight is 330 g/mol. The van der Waals surface area contributed by atoms with E-state index in [1.54, 1.807) is 16.8 Å². The number of nitrogens with zero attached hydrogens (tertiary/aromatic N) is 1. The number of aromatic amines is 1. The Labute approximate surface area is 144 Å². The van der Waals surface area contributed by atoms with Gasteiger partial charge in [-0.25, -0.2) is 0 Å². The highest BCUT2D eigenvalue weighted by molar-refractivity contribution is 6.08. The molecule has 0 bridgehead atoms. The van der Waals surface area contributed by atoms with Crippen molar-refractivity contribution in [3.8, 4) is 0 Å². The number of fused-ring (bicyclic) bond motifs is 2. The van der Waals surface area contributed by atoms with Crippen LogP contribution in [0, 0.1) is 13.8 Å². The Bertz CT molecular complexity index is 1180. The Morgan fingerprint density at radius 2 is 1.76 bits per heavy atom. The number of hydrogen-bond acceptors (Lipinski definition) is 2. The van der Waals surface area contributed by atoms with Crippen molar-refractivity contribution in [2.45, 2.75) is 20.4 Å². The van der Waals surface area contributed by atoms with E-state index in [9.17, 15) is 9.59 Å². The average Bonchev–Trinajstić information content (AvgIpc) is 3.03. The quantitative estimate of drug-likeness (QED) is 0.578. The van der Waals surface area contributed by atoms with Crippen LogP contribution in [0.5, 0.6) is 0 Å². The van der Waals surface area contributed by atoms with Crippen molar-refractivity contribution in [3.63, 3.8) is 0 Å². The number of carbonyl (C=O) groups excluding carboxylic acids is 1. The second kappa shape index (κ2) is 5.74. The lowest BCUT2D eigenvalue weighted by Gasteiger charge is -2.13. The minimum atomic E-state index is -0.146. The number of benzene rings is 2. The van der Waals surface area contributed by atoms with Crippen molar-refractivity contribution in [2.24, 2.45) is 0 Å². The molecule has 4 rings (SSSR count). The van der Waals surface area contributed by atoms with Crippen LogP contribution in [0.2, 0.25) is 0 Å². The predicted molar refractivity (Wildman–Crippen MR) is 100 cm³/mol. The number of H-pyrrole nitrogens is 1. The van der Waals surface area contributed by atoms with Gasteiger partial charge in [0.15, 0.2) is 5.78 Å². The maximum absolute atomic E-state index is 12.9. The Hall–Kier alpha value is -3.14. The lowest BCUT2D eigenvalue weighted by atomic mass is 10.1. The van der Waals surface area contributed by atoms with Gasteiger partial charge in [0.1, 0.15) is 0 Å². The molecule has 4 heteroatoms. The number of rotatable bonds is 3. The molecule has 25 heavy (non-hydrogen) atoms. The summed E-state index contributed by atoms with van der Waals surface area (Å²) in [5, 5.41) is 1.89. The molecule has 0 aliphatic heterocycles. The normalized spacial score (nSPS) is 11.3. The Kier molecular flexibility index (Phi) is 3.53. The molecule has 0 aliphatic rings. The summed E-state index contributed by atoms with van der Waals surface area (Å²) in [5.74, 6) is -0.0760. The van der Waals surface area contributed by atoms with E-state index >= 15 is 0 Å². The third-order valence-electron chi connectivity index (χ3n) is 4.73. The summed E-state index contributed by atoms with van der Waals surface area (Å²) in [6.07, 6.45) is 1.72. The molecule has 0 unspecified atom stereocenters. The zero-order chi connectivity index (χ0) is 17.6. The topological polar surface area (TPSA) is 54.9 Å². The van der Waals surface area contributed by atoms with Gasteiger partial charge in [-0.15, -0.1) is 0 Å². The molecule has 0 atom stereocenters. The van der Waals surface area contributed by atoms with E-state index < -0.39 is 0 Å². The molecule has 0 amide bonds. The number of pyridine rings is 1. The Balaban J connectivity index is 1.86. The fourth-order valence-electron chi connectivity index (χ4n) is 3.47. The van der Waals surface area contributed by atoms with Crippen LogP contribution in [0.15, 0.2) is 59.5 Å². The number of hydrogen-bond donors (Lipinski definition) is 1. The molecule has 0 spiro atoms. The van der Waals surface area contributed by atoms with Crippen LogP contribution in [0.4, 0.5) is 0 Å². The van der Waals surface area contributed by atoms with E-state index in [1.807, 2.05) is 56.3 Å². The zero-order valence-electron chi connectivity index (χ0n) is 14.2. The highest BCUT2D eigenvalue weighted by atomic mass is 16.1. The minimum Gasteiger partial charge on any atom is -0.360 e. The second-order valence-electron chi connectivity index (χ2n) is 6.39. The van der Waals surface area contributed by atoms with Crippen LogP contribution < -0.4 is 5.56 Å². The third kappa shape index (κ3) is 2.47. The van der Waals surface area contributed by atoms with Gasteiger partial charge in [0.2, 0.25) is 0 Å². The van der Waals surface area contributed by atoms with Gasteiger partial charge in [-0.05, 0) is 31.0 Å². The number of para-hydroxylation sites is 2. The maximum atomic E-state index is 12.9. The second-order valence-corrected chi connectivity index (χ2v) is 6.39. The fourth-order valence-corrected chi connectivity index (χ4v) is 3.47. The minimum absolute atomic E-state index is 0.0301. The summed E-state index contributed by atoms with van der Waals surface area (Å²) in [5.41, 5.74) is 4.14. The van der Waals surface area contributed by atoms with E-state index in [1.165, 1.54) is 0 Å². The van der Waals surface area contributed by atoms with Crippen LogP contribution in [-0.4, -0.2) is 15.3 Å². The predicted octanol–water partition coefficient (Wildman–Crippen LogP) is 3.98. The number of aryl methyl sites for hydroxylation is 2. The highest BCUT2D eigenvalue weighted by Crippen LogP contribution is 2.22. The number of nitrogens with one attached hydrogen (secondary N) is 1. The molecule has 124 valence electrons. The van der Waals surface area contributed by atoms with Crippen LogP contribution in [-0.2, 0) is 6.54 Å². The first-order chi connectivity index (χ1) is 12.1. The standard InChI is InChI=1S/C21H18N2O2/c1-13-6-5-8-15-14(2)10-20(25)23(21(13)15)12-19(24)17-11-22-18-9-4-3-7-16(17)18/h3-11,22H,12H2,1-2H3. The largest absolute Gasteiger partial charge is 0.360 e. The van der Waals surface area contributed by atoms with Gasteiger partial charge in [0, 0.05) is 34.1 Å². The van der Waals surface area contributed by atoms with Gasteiger partial charge in [-0.1, -0.05) is 36.4 Å². The number of ketones is 1. The summed E-state index contributed by atoms with van der Waals surface area (Å²) in [4.78, 5) is 28.6. The summed E-state index contributed by atoms with van der Waals surface area (Å²) < 4.78 is 1.59. The fraction of sp³-hybridized carbons (Fsp3) is 0.143. The molecule has 0 aliphatic carbocycles. The third-order valence-corrected chi connectivity index (χ3v) is 4.73. The van der Waals surface area contributed by atoms with Crippen LogP contribution >= 0.6 is 0 Å². The van der Waals surface area contributed by atoms with E-state index in [0.717, 1.165) is 32.9 Å². The molecule has 1 N–H and O–H groups in total. The molecule has 0 saturated heterocycles. The molecule has 2 aromatic carbocycles. The van der Waals surface area contributed by atoms with Crippen molar-refractivity contribution in [2.75, 3.05) is 0 Å². The van der Waals surface area contributed by atoms with Gasteiger partial charge in [-0.2, -0.15) is 0 Å². The van der Waals surface area contributed by atoms with Gasteiger partial charge >= 0.3 is 0 Å². The van der Waals surface area contributed by atoms with Crippen molar-refractivity contribution in [1.82, 2.24) is 9.55 Å². The Morgan fingerprint density at radius 1 is 1.00 bits per heavy atom. The first-order valence-electron chi connectivity index (χ1n) is 8.25.